The summed E-state index contributed by atoms with van der Waals surface area (Å²) in [5, 5.41) is 15.5. The summed E-state index contributed by atoms with van der Waals surface area (Å²) in [6.45, 7) is 6.41. The summed E-state index contributed by atoms with van der Waals surface area (Å²) < 4.78 is 19.0. The van der Waals surface area contributed by atoms with E-state index in [0.717, 1.165) is 29.1 Å². The molecule has 2 aromatic carbocycles. The van der Waals surface area contributed by atoms with Gasteiger partial charge in [-0.15, -0.1) is 6.58 Å². The van der Waals surface area contributed by atoms with Crippen LogP contribution in [0.5, 0.6) is 17.4 Å². The Morgan fingerprint density at radius 3 is 2.66 bits per heavy atom. The number of methoxy groups -OCH3 is 1. The van der Waals surface area contributed by atoms with Crippen molar-refractivity contribution in [1.82, 2.24) is 14.7 Å². The van der Waals surface area contributed by atoms with E-state index < -0.39 is 6.10 Å². The quantitative estimate of drug-likeness (QED) is 0.269. The predicted molar refractivity (Wildman–Crippen MR) is 137 cm³/mol. The van der Waals surface area contributed by atoms with E-state index in [0.29, 0.717) is 37.2 Å². The lowest BCUT2D eigenvalue weighted by Gasteiger charge is -2.25. The van der Waals surface area contributed by atoms with E-state index in [-0.39, 0.29) is 6.61 Å². The number of aryl methyl sites for hydroxylation is 1. The van der Waals surface area contributed by atoms with E-state index in [1.165, 1.54) is 12.8 Å². The van der Waals surface area contributed by atoms with Gasteiger partial charge in [0, 0.05) is 38.3 Å². The first-order valence-electron chi connectivity index (χ1n) is 12.1. The third-order valence-corrected chi connectivity index (χ3v) is 6.00. The number of nitrogens with zero attached hydrogens (tertiary/aromatic N) is 3. The molecule has 35 heavy (non-hydrogen) atoms. The fraction of sp³-hybridized carbons (Fsp3) is 0.393. The maximum atomic E-state index is 10.6. The summed E-state index contributed by atoms with van der Waals surface area (Å²) in [6.07, 6.45) is 3.56. The van der Waals surface area contributed by atoms with Gasteiger partial charge in [-0.25, -0.2) is 4.68 Å². The van der Waals surface area contributed by atoms with Crippen molar-refractivity contribution in [3.63, 3.8) is 0 Å². The molecule has 3 aromatic rings. The Kier molecular flexibility index (Phi) is 8.58. The molecule has 1 heterocycles. The van der Waals surface area contributed by atoms with E-state index in [1.807, 2.05) is 49.5 Å². The summed E-state index contributed by atoms with van der Waals surface area (Å²) in [5.41, 5.74) is 2.89. The summed E-state index contributed by atoms with van der Waals surface area (Å²) in [4.78, 5) is 2.29. The number of aliphatic hydroxyl groups excluding tert-OH is 1. The highest BCUT2D eigenvalue weighted by Gasteiger charge is 2.28. The van der Waals surface area contributed by atoms with E-state index in [9.17, 15) is 5.11 Å². The zero-order chi connectivity index (χ0) is 24.6. The van der Waals surface area contributed by atoms with Gasteiger partial charge in [0.15, 0.2) is 0 Å². The zero-order valence-corrected chi connectivity index (χ0v) is 20.6. The second-order valence-corrected chi connectivity index (χ2v) is 9.02. The van der Waals surface area contributed by atoms with Gasteiger partial charge >= 0.3 is 0 Å². The van der Waals surface area contributed by atoms with Gasteiger partial charge in [-0.3, -0.25) is 4.90 Å². The molecule has 1 fully saturated rings. The minimum absolute atomic E-state index is 0.277. The monoisotopic (exact) mass is 477 g/mol. The van der Waals surface area contributed by atoms with Crippen molar-refractivity contribution in [2.75, 3.05) is 33.4 Å². The number of hydrogen-bond donors (Lipinski definition) is 1. The Balaban J connectivity index is 1.64. The van der Waals surface area contributed by atoms with E-state index in [2.05, 4.69) is 23.6 Å². The maximum absolute atomic E-state index is 10.6. The minimum Gasteiger partial charge on any atom is -0.497 e. The Labute approximate surface area is 207 Å². The number of hydrogen-bond acceptors (Lipinski definition) is 6. The first-order chi connectivity index (χ1) is 17.1. The second-order valence-electron chi connectivity index (χ2n) is 9.02. The largest absolute Gasteiger partial charge is 0.497 e. The van der Waals surface area contributed by atoms with Crippen LogP contribution in [0.3, 0.4) is 0 Å². The average molecular weight is 478 g/mol. The highest BCUT2D eigenvalue weighted by Crippen LogP contribution is 2.36. The Morgan fingerprint density at radius 1 is 1.17 bits per heavy atom. The predicted octanol–water partition coefficient (Wildman–Crippen LogP) is 4.66. The molecule has 186 valence electrons. The van der Waals surface area contributed by atoms with Crippen molar-refractivity contribution < 1.29 is 19.3 Å². The Hall–Kier alpha value is -3.13. The molecule has 1 atom stereocenters. The van der Waals surface area contributed by atoms with Crippen LogP contribution in [0.15, 0.2) is 67.3 Å². The van der Waals surface area contributed by atoms with Gasteiger partial charge in [-0.05, 0) is 30.9 Å². The lowest BCUT2D eigenvalue weighted by Crippen LogP contribution is -2.36. The van der Waals surface area contributed by atoms with Crippen LogP contribution in [0.25, 0.3) is 11.3 Å². The average Bonchev–Trinajstić information content (AvgIpc) is 3.64. The number of aliphatic hydroxyl groups is 1. The third kappa shape index (κ3) is 6.94. The number of aromatic nitrogens is 2. The summed E-state index contributed by atoms with van der Waals surface area (Å²) in [5.74, 6) is 2.75. The van der Waals surface area contributed by atoms with Crippen molar-refractivity contribution in [2.24, 2.45) is 13.0 Å². The molecule has 7 nitrogen and oxygen atoms in total. The fourth-order valence-corrected chi connectivity index (χ4v) is 4.16. The second kappa shape index (κ2) is 12.0. The van der Waals surface area contributed by atoms with Gasteiger partial charge in [0.05, 0.1) is 32.0 Å². The molecule has 1 aliphatic carbocycles. The van der Waals surface area contributed by atoms with Crippen LogP contribution >= 0.6 is 0 Å². The highest BCUT2D eigenvalue weighted by atomic mass is 16.5. The summed E-state index contributed by atoms with van der Waals surface area (Å²) in [7, 11) is 3.54. The molecule has 0 spiro atoms. The SMILES string of the molecule is C=CCOC[C@H](O)CN(Cc1c(-c2ccccc2)nn(C)c1Oc1cccc(OC)c1)CC1CC1. The minimum atomic E-state index is -0.590. The number of ether oxygens (including phenoxy) is 3. The van der Waals surface area contributed by atoms with Crippen LogP contribution in [0, 0.1) is 5.92 Å². The Morgan fingerprint density at radius 2 is 1.94 bits per heavy atom. The molecule has 1 aliphatic rings. The number of rotatable bonds is 14. The molecule has 7 heteroatoms. The first-order valence-corrected chi connectivity index (χ1v) is 12.1. The van der Waals surface area contributed by atoms with Crippen molar-refractivity contribution in [1.29, 1.82) is 0 Å². The first kappa shape index (κ1) is 25.0. The molecule has 0 saturated heterocycles. The molecule has 1 aromatic heterocycles. The van der Waals surface area contributed by atoms with E-state index in [1.54, 1.807) is 17.9 Å². The van der Waals surface area contributed by atoms with Gasteiger partial charge in [-0.2, -0.15) is 5.10 Å². The van der Waals surface area contributed by atoms with Crippen molar-refractivity contribution in [3.05, 3.63) is 72.8 Å². The van der Waals surface area contributed by atoms with E-state index in [4.69, 9.17) is 19.3 Å². The molecular formula is C28H35N3O4. The van der Waals surface area contributed by atoms with E-state index >= 15 is 0 Å². The van der Waals surface area contributed by atoms with Crippen LogP contribution in [0.1, 0.15) is 18.4 Å². The van der Waals surface area contributed by atoms with Gasteiger partial charge in [0.2, 0.25) is 5.88 Å². The van der Waals surface area contributed by atoms with Crippen molar-refractivity contribution >= 4 is 0 Å². The number of benzene rings is 2. The van der Waals surface area contributed by atoms with Crippen molar-refractivity contribution in [3.8, 4) is 28.6 Å². The van der Waals surface area contributed by atoms with Crippen LogP contribution in [0.4, 0.5) is 0 Å². The zero-order valence-electron chi connectivity index (χ0n) is 20.6. The van der Waals surface area contributed by atoms with Crippen LogP contribution < -0.4 is 9.47 Å². The molecule has 1 saturated carbocycles. The van der Waals surface area contributed by atoms with Gasteiger partial charge in [0.1, 0.15) is 17.2 Å². The molecule has 0 unspecified atom stereocenters. The van der Waals surface area contributed by atoms with Gasteiger partial charge in [-0.1, -0.05) is 42.5 Å². The van der Waals surface area contributed by atoms with Crippen molar-refractivity contribution in [2.45, 2.75) is 25.5 Å². The topological polar surface area (TPSA) is 69.0 Å². The molecule has 4 rings (SSSR count). The van der Waals surface area contributed by atoms with Gasteiger partial charge < -0.3 is 19.3 Å². The molecule has 0 bridgehead atoms. The molecule has 0 amide bonds. The van der Waals surface area contributed by atoms with Crippen LogP contribution in [-0.4, -0.2) is 59.3 Å². The normalized spacial score (nSPS) is 14.2. The molecule has 0 aliphatic heterocycles. The lowest BCUT2D eigenvalue weighted by atomic mass is 10.1. The Bertz CT molecular complexity index is 1090. The van der Waals surface area contributed by atoms with Crippen LogP contribution in [0.2, 0.25) is 0 Å². The fourth-order valence-electron chi connectivity index (χ4n) is 4.16. The lowest BCUT2D eigenvalue weighted by molar-refractivity contribution is 0.0235. The third-order valence-electron chi connectivity index (χ3n) is 6.00. The maximum Gasteiger partial charge on any atom is 0.222 e. The standard InChI is InChI=1S/C28H35N3O4/c1-4-15-34-20-23(32)18-31(17-21-13-14-21)19-26-27(22-9-6-5-7-10-22)29-30(2)28(26)35-25-12-8-11-24(16-25)33-3/h4-12,16,21,23,32H,1,13-15,17-20H2,2-3H3/t23-/m1/s1. The van der Waals surface area contributed by atoms with Crippen LogP contribution in [-0.2, 0) is 18.3 Å². The molecule has 0 radical (unpaired) electrons. The molecule has 1 N–H and O–H groups in total. The van der Waals surface area contributed by atoms with Gasteiger partial charge in [0.25, 0.3) is 0 Å². The summed E-state index contributed by atoms with van der Waals surface area (Å²) in [6, 6.07) is 17.7. The smallest absolute Gasteiger partial charge is 0.222 e. The molecular weight excluding hydrogens is 442 g/mol. The highest BCUT2D eigenvalue weighted by molar-refractivity contribution is 5.65. The summed E-state index contributed by atoms with van der Waals surface area (Å²) >= 11 is 0.